The molecule has 4 aliphatic carbocycles. The van der Waals surface area contributed by atoms with E-state index >= 15 is 0 Å². The Kier molecular flexibility index (Phi) is 5.49. The summed E-state index contributed by atoms with van der Waals surface area (Å²) in [7, 11) is 0. The maximum atomic E-state index is 12.3. The van der Waals surface area contributed by atoms with Crippen LogP contribution < -0.4 is 0 Å². The molecule has 0 aromatic carbocycles. The summed E-state index contributed by atoms with van der Waals surface area (Å²) < 4.78 is 5.93. The van der Waals surface area contributed by atoms with Crippen molar-refractivity contribution in [2.45, 2.75) is 98.5 Å². The third kappa shape index (κ3) is 3.51. The van der Waals surface area contributed by atoms with Crippen molar-refractivity contribution in [1.29, 1.82) is 0 Å². The molecule has 4 aliphatic rings. The number of ketones is 1. The molecule has 3 unspecified atom stereocenters. The van der Waals surface area contributed by atoms with E-state index in [1.165, 1.54) is 37.7 Å². The van der Waals surface area contributed by atoms with Crippen LogP contribution in [0.25, 0.3) is 0 Å². The molecule has 3 saturated carbocycles. The van der Waals surface area contributed by atoms with Crippen LogP contribution in [0.4, 0.5) is 0 Å². The lowest BCUT2D eigenvalue weighted by Crippen LogP contribution is -2.51. The van der Waals surface area contributed by atoms with E-state index < -0.39 is 0 Å². The fraction of sp³-hybridized carbons (Fsp3) is 0.846. The van der Waals surface area contributed by atoms with Crippen LogP contribution in [0.5, 0.6) is 0 Å². The summed E-state index contributed by atoms with van der Waals surface area (Å²) in [5.74, 6) is 3.40. The van der Waals surface area contributed by atoms with Crippen LogP contribution in [0.15, 0.2) is 11.6 Å². The van der Waals surface area contributed by atoms with Crippen molar-refractivity contribution in [3.05, 3.63) is 11.6 Å². The minimum absolute atomic E-state index is 0.0229. The number of hydrogen-bond donors (Lipinski definition) is 0. The third-order valence-corrected chi connectivity index (χ3v) is 9.49. The molecule has 7 atom stereocenters. The summed E-state index contributed by atoms with van der Waals surface area (Å²) in [5.41, 5.74) is 1.98. The topological polar surface area (TPSA) is 43.4 Å². The monoisotopic (exact) mass is 400 g/mol. The molecule has 0 radical (unpaired) electrons. The Morgan fingerprint density at radius 3 is 2.55 bits per heavy atom. The van der Waals surface area contributed by atoms with Gasteiger partial charge in [-0.1, -0.05) is 33.3 Å². The van der Waals surface area contributed by atoms with Crippen molar-refractivity contribution in [2.24, 2.45) is 40.4 Å². The first-order chi connectivity index (χ1) is 13.6. The van der Waals surface area contributed by atoms with Crippen molar-refractivity contribution < 1.29 is 14.3 Å². The highest BCUT2D eigenvalue weighted by atomic mass is 16.5. The zero-order valence-electron chi connectivity index (χ0n) is 19.1. The molecule has 0 aliphatic heterocycles. The van der Waals surface area contributed by atoms with Gasteiger partial charge in [-0.3, -0.25) is 9.59 Å². The van der Waals surface area contributed by atoms with Gasteiger partial charge in [0.05, 0.1) is 0 Å². The molecule has 0 aromatic heterocycles. The van der Waals surface area contributed by atoms with Gasteiger partial charge in [0.15, 0.2) is 5.78 Å². The van der Waals surface area contributed by atoms with Gasteiger partial charge in [-0.05, 0) is 92.4 Å². The molecule has 0 bridgehead atoms. The predicted molar refractivity (Wildman–Crippen MR) is 115 cm³/mol. The second kappa shape index (κ2) is 7.54. The molecule has 3 fully saturated rings. The molecule has 0 N–H and O–H groups in total. The van der Waals surface area contributed by atoms with Crippen LogP contribution in [-0.4, -0.2) is 17.9 Å². The van der Waals surface area contributed by atoms with E-state index in [9.17, 15) is 9.59 Å². The van der Waals surface area contributed by atoms with Crippen LogP contribution in [0.3, 0.4) is 0 Å². The Morgan fingerprint density at radius 1 is 1.07 bits per heavy atom. The van der Waals surface area contributed by atoms with Crippen molar-refractivity contribution >= 4 is 11.8 Å². The molecule has 162 valence electrons. The van der Waals surface area contributed by atoms with Gasteiger partial charge >= 0.3 is 5.97 Å². The molecular formula is C26H40O3. The van der Waals surface area contributed by atoms with E-state index in [-0.39, 0.29) is 17.5 Å². The molecule has 3 nitrogen and oxygen atoms in total. The zero-order valence-corrected chi connectivity index (χ0v) is 19.1. The van der Waals surface area contributed by atoms with Gasteiger partial charge in [0.25, 0.3) is 0 Å². The van der Waals surface area contributed by atoms with Crippen molar-refractivity contribution in [3.8, 4) is 0 Å². The fourth-order valence-corrected chi connectivity index (χ4v) is 8.04. The summed E-state index contributed by atoms with van der Waals surface area (Å²) in [4.78, 5) is 24.3. The van der Waals surface area contributed by atoms with Crippen LogP contribution in [0, 0.1) is 40.4 Å². The molecule has 0 heterocycles. The Bertz CT molecular complexity index is 707. The number of rotatable bonds is 4. The van der Waals surface area contributed by atoms with E-state index in [1.54, 1.807) is 0 Å². The molecule has 0 amide bonds. The number of esters is 1. The summed E-state index contributed by atoms with van der Waals surface area (Å²) in [6.07, 6.45) is 11.7. The molecule has 0 spiro atoms. The lowest BCUT2D eigenvalue weighted by atomic mass is 9.46. The minimum Gasteiger partial charge on any atom is -0.462 e. The zero-order chi connectivity index (χ0) is 21.0. The Morgan fingerprint density at radius 2 is 1.83 bits per heavy atom. The quantitative estimate of drug-likeness (QED) is 0.535. The fourth-order valence-electron chi connectivity index (χ4n) is 8.04. The second-order valence-corrected chi connectivity index (χ2v) is 11.5. The van der Waals surface area contributed by atoms with Gasteiger partial charge in [-0.25, -0.2) is 0 Å². The summed E-state index contributed by atoms with van der Waals surface area (Å²) in [6.45, 7) is 11.2. The predicted octanol–water partition coefficient (Wildman–Crippen LogP) is 6.11. The SMILES string of the molecule is CC(C)CC(=O)O[C@@H](C)[C@H]1CCC2C3CCC4=CC(=O)CC[C@]4(C)C3CC[C@@]21C. The molecular weight excluding hydrogens is 360 g/mol. The number of carbonyl (C=O) groups excluding carboxylic acids is 2. The largest absolute Gasteiger partial charge is 0.462 e. The normalized spacial score (nSPS) is 42.6. The molecule has 3 heteroatoms. The van der Waals surface area contributed by atoms with Gasteiger partial charge in [0, 0.05) is 18.8 Å². The first-order valence-electron chi connectivity index (χ1n) is 12.1. The molecule has 4 rings (SSSR count). The maximum absolute atomic E-state index is 12.3. The highest BCUT2D eigenvalue weighted by Gasteiger charge is 2.59. The van der Waals surface area contributed by atoms with Gasteiger partial charge in [0.1, 0.15) is 6.10 Å². The number of allylic oxidation sites excluding steroid dienone is 1. The van der Waals surface area contributed by atoms with Crippen molar-refractivity contribution in [3.63, 3.8) is 0 Å². The first kappa shape index (κ1) is 21.1. The second-order valence-electron chi connectivity index (χ2n) is 11.5. The van der Waals surface area contributed by atoms with E-state index in [2.05, 4.69) is 34.6 Å². The number of ether oxygens (including phenoxy) is 1. The summed E-state index contributed by atoms with van der Waals surface area (Å²) >= 11 is 0. The number of hydrogen-bond acceptors (Lipinski definition) is 3. The Balaban J connectivity index is 1.51. The van der Waals surface area contributed by atoms with E-state index in [4.69, 9.17) is 4.74 Å². The summed E-state index contributed by atoms with van der Waals surface area (Å²) in [6, 6.07) is 0. The van der Waals surface area contributed by atoms with Crippen LogP contribution in [-0.2, 0) is 14.3 Å². The van der Waals surface area contributed by atoms with Gasteiger partial charge in [-0.2, -0.15) is 0 Å². The van der Waals surface area contributed by atoms with Crippen LogP contribution in [0.1, 0.15) is 92.4 Å². The highest BCUT2D eigenvalue weighted by Crippen LogP contribution is 2.67. The lowest BCUT2D eigenvalue weighted by molar-refractivity contribution is -0.156. The first-order valence-corrected chi connectivity index (χ1v) is 12.1. The highest BCUT2D eigenvalue weighted by molar-refractivity contribution is 5.91. The van der Waals surface area contributed by atoms with E-state index in [0.29, 0.717) is 29.5 Å². The van der Waals surface area contributed by atoms with Gasteiger partial charge in [-0.15, -0.1) is 0 Å². The number of carbonyl (C=O) groups is 2. The maximum Gasteiger partial charge on any atom is 0.306 e. The lowest BCUT2D eigenvalue weighted by Gasteiger charge is -2.58. The number of fused-ring (bicyclic) bond motifs is 5. The van der Waals surface area contributed by atoms with Crippen molar-refractivity contribution in [2.75, 3.05) is 0 Å². The standard InChI is InChI=1S/C26H40O3/c1-16(2)14-24(28)29-17(3)21-8-9-22-20-7-6-18-15-19(27)10-12-25(18,4)23(20)11-13-26(21,22)5/h15-17,20-23H,6-14H2,1-5H3/t17-,20?,21+,22?,23?,25-,26+/m0/s1. The summed E-state index contributed by atoms with van der Waals surface area (Å²) in [5, 5.41) is 0. The van der Waals surface area contributed by atoms with Crippen molar-refractivity contribution in [1.82, 2.24) is 0 Å². The minimum atomic E-state index is -0.0277. The molecule has 29 heavy (non-hydrogen) atoms. The van der Waals surface area contributed by atoms with Crippen LogP contribution >= 0.6 is 0 Å². The Hall–Kier alpha value is -1.12. The average molecular weight is 401 g/mol. The van der Waals surface area contributed by atoms with Gasteiger partial charge in [0.2, 0.25) is 0 Å². The van der Waals surface area contributed by atoms with E-state index in [1.807, 2.05) is 6.08 Å². The van der Waals surface area contributed by atoms with Gasteiger partial charge < -0.3 is 4.74 Å². The average Bonchev–Trinajstić information content (AvgIpc) is 2.99. The van der Waals surface area contributed by atoms with Crippen LogP contribution in [0.2, 0.25) is 0 Å². The van der Waals surface area contributed by atoms with E-state index in [0.717, 1.165) is 37.0 Å². The Labute approximate surface area is 177 Å². The molecule has 0 aromatic rings. The molecule has 0 saturated heterocycles. The smallest absolute Gasteiger partial charge is 0.306 e. The third-order valence-electron chi connectivity index (χ3n) is 9.49.